The van der Waals surface area contributed by atoms with Crippen molar-refractivity contribution in [3.8, 4) is 0 Å². The van der Waals surface area contributed by atoms with Crippen LogP contribution in [-0.4, -0.2) is 22.1 Å². The van der Waals surface area contributed by atoms with Crippen LogP contribution in [0.2, 0.25) is 0 Å². The van der Waals surface area contributed by atoms with Gasteiger partial charge in [-0.2, -0.15) is 0 Å². The summed E-state index contributed by atoms with van der Waals surface area (Å²) in [7, 11) is 0. The van der Waals surface area contributed by atoms with E-state index in [4.69, 9.17) is 5.84 Å². The number of aromatic nitrogens is 2. The molecule has 0 fully saturated rings. The van der Waals surface area contributed by atoms with Crippen molar-refractivity contribution < 1.29 is 4.79 Å². The minimum atomic E-state index is -0.204. The Balaban J connectivity index is 2.51. The molecule has 0 saturated carbocycles. The molecule has 6 heteroatoms. The summed E-state index contributed by atoms with van der Waals surface area (Å²) in [6.45, 7) is 4.11. The molecule has 1 aromatic rings. The molecule has 6 nitrogen and oxygen atoms in total. The highest BCUT2D eigenvalue weighted by atomic mass is 16.2. The molecule has 1 amide bonds. The zero-order valence-corrected chi connectivity index (χ0v) is 10.2. The Kier molecular flexibility index (Phi) is 5.35. The van der Waals surface area contributed by atoms with Gasteiger partial charge in [0.15, 0.2) is 11.5 Å². The van der Waals surface area contributed by atoms with Crippen molar-refractivity contribution in [2.45, 2.75) is 39.2 Å². The van der Waals surface area contributed by atoms with Gasteiger partial charge in [-0.25, -0.2) is 5.84 Å². The lowest BCUT2D eigenvalue weighted by Gasteiger charge is -2.12. The molecule has 0 radical (unpaired) electrons. The van der Waals surface area contributed by atoms with Crippen LogP contribution in [0.4, 0.5) is 5.82 Å². The van der Waals surface area contributed by atoms with Gasteiger partial charge in [0.1, 0.15) is 0 Å². The third-order valence-corrected chi connectivity index (χ3v) is 2.41. The Morgan fingerprint density at radius 3 is 2.76 bits per heavy atom. The van der Waals surface area contributed by atoms with E-state index in [0.717, 1.165) is 19.3 Å². The normalized spacial score (nSPS) is 11.9. The standard InChI is InChI=1S/C11H19N5O/c1-3-4-5-8(2)13-11(17)9-6-7-10(14-12)16-15-9/h6-8H,3-5,12H2,1-2H3,(H,13,17)(H,14,16). The smallest absolute Gasteiger partial charge is 0.272 e. The Labute approximate surface area is 101 Å². The second-order valence-electron chi connectivity index (χ2n) is 3.96. The van der Waals surface area contributed by atoms with Crippen molar-refractivity contribution in [2.75, 3.05) is 5.43 Å². The number of unbranched alkanes of at least 4 members (excludes halogenated alkanes) is 1. The Bertz CT molecular complexity index is 351. The number of anilines is 1. The summed E-state index contributed by atoms with van der Waals surface area (Å²) in [5, 5.41) is 10.4. The maximum atomic E-state index is 11.8. The number of hydrogen-bond acceptors (Lipinski definition) is 5. The first-order chi connectivity index (χ1) is 8.17. The second-order valence-corrected chi connectivity index (χ2v) is 3.96. The van der Waals surface area contributed by atoms with Crippen molar-refractivity contribution in [2.24, 2.45) is 5.84 Å². The summed E-state index contributed by atoms with van der Waals surface area (Å²) in [4.78, 5) is 11.8. The molecule has 0 bridgehead atoms. The van der Waals surface area contributed by atoms with E-state index in [9.17, 15) is 4.79 Å². The van der Waals surface area contributed by atoms with E-state index in [0.29, 0.717) is 11.5 Å². The molecular weight excluding hydrogens is 218 g/mol. The van der Waals surface area contributed by atoms with Gasteiger partial charge < -0.3 is 10.7 Å². The maximum absolute atomic E-state index is 11.8. The number of nitrogens with zero attached hydrogens (tertiary/aromatic N) is 2. The van der Waals surface area contributed by atoms with Crippen LogP contribution in [0.3, 0.4) is 0 Å². The minimum Gasteiger partial charge on any atom is -0.348 e. The quantitative estimate of drug-likeness (QED) is 0.508. The van der Waals surface area contributed by atoms with E-state index in [2.05, 4.69) is 27.9 Å². The first-order valence-corrected chi connectivity index (χ1v) is 5.78. The highest BCUT2D eigenvalue weighted by Crippen LogP contribution is 2.03. The van der Waals surface area contributed by atoms with E-state index in [1.165, 1.54) is 0 Å². The molecular formula is C11H19N5O. The van der Waals surface area contributed by atoms with Gasteiger partial charge >= 0.3 is 0 Å². The number of hydrazine groups is 1. The van der Waals surface area contributed by atoms with Crippen LogP contribution in [0.1, 0.15) is 43.6 Å². The number of hydrogen-bond donors (Lipinski definition) is 3. The summed E-state index contributed by atoms with van der Waals surface area (Å²) < 4.78 is 0. The molecule has 17 heavy (non-hydrogen) atoms. The maximum Gasteiger partial charge on any atom is 0.272 e. The zero-order chi connectivity index (χ0) is 12.7. The predicted octanol–water partition coefficient (Wildman–Crippen LogP) is 1.07. The second kappa shape index (κ2) is 6.80. The number of carbonyl (C=O) groups excluding carboxylic acids is 1. The molecule has 1 heterocycles. The van der Waals surface area contributed by atoms with E-state index in [-0.39, 0.29) is 11.9 Å². The third-order valence-electron chi connectivity index (χ3n) is 2.41. The third kappa shape index (κ3) is 4.36. The molecule has 0 spiro atoms. The molecule has 0 aliphatic carbocycles. The first-order valence-electron chi connectivity index (χ1n) is 5.78. The van der Waals surface area contributed by atoms with E-state index < -0.39 is 0 Å². The molecule has 1 rings (SSSR count). The SMILES string of the molecule is CCCCC(C)NC(=O)c1ccc(NN)nn1. The summed E-state index contributed by atoms with van der Waals surface area (Å²) in [6.07, 6.45) is 3.19. The first kappa shape index (κ1) is 13.4. The molecule has 4 N–H and O–H groups in total. The van der Waals surface area contributed by atoms with Crippen LogP contribution in [0.25, 0.3) is 0 Å². The Hall–Kier alpha value is -1.69. The summed E-state index contributed by atoms with van der Waals surface area (Å²) in [6, 6.07) is 3.35. The molecule has 0 saturated heterocycles. The molecule has 1 aromatic heterocycles. The fraction of sp³-hybridized carbons (Fsp3) is 0.545. The number of nitrogens with one attached hydrogen (secondary N) is 2. The van der Waals surface area contributed by atoms with Crippen molar-refractivity contribution in [1.29, 1.82) is 0 Å². The van der Waals surface area contributed by atoms with Crippen LogP contribution < -0.4 is 16.6 Å². The number of amides is 1. The van der Waals surface area contributed by atoms with Gasteiger partial charge in [-0.3, -0.25) is 4.79 Å². The van der Waals surface area contributed by atoms with E-state index in [1.54, 1.807) is 12.1 Å². The molecule has 1 unspecified atom stereocenters. The largest absolute Gasteiger partial charge is 0.348 e. The molecule has 0 aliphatic heterocycles. The van der Waals surface area contributed by atoms with Crippen molar-refractivity contribution in [3.05, 3.63) is 17.8 Å². The van der Waals surface area contributed by atoms with E-state index >= 15 is 0 Å². The molecule has 94 valence electrons. The molecule has 0 aliphatic rings. The van der Waals surface area contributed by atoms with Gasteiger partial charge in [0.05, 0.1) is 0 Å². The lowest BCUT2D eigenvalue weighted by atomic mass is 10.1. The average Bonchev–Trinajstić information content (AvgIpc) is 2.36. The predicted molar refractivity (Wildman–Crippen MR) is 66.3 cm³/mol. The zero-order valence-electron chi connectivity index (χ0n) is 10.2. The topological polar surface area (TPSA) is 92.9 Å². The van der Waals surface area contributed by atoms with Crippen molar-refractivity contribution in [1.82, 2.24) is 15.5 Å². The Morgan fingerprint density at radius 2 is 2.24 bits per heavy atom. The summed E-state index contributed by atoms with van der Waals surface area (Å²) >= 11 is 0. The minimum absolute atomic E-state index is 0.150. The van der Waals surface area contributed by atoms with E-state index in [1.807, 2.05) is 6.92 Å². The number of nitrogen functional groups attached to an aromatic ring is 1. The van der Waals surface area contributed by atoms with Gasteiger partial charge in [0.25, 0.3) is 5.91 Å². The van der Waals surface area contributed by atoms with Gasteiger partial charge in [-0.05, 0) is 25.5 Å². The van der Waals surface area contributed by atoms with Gasteiger partial charge in [0.2, 0.25) is 0 Å². The Morgan fingerprint density at radius 1 is 1.47 bits per heavy atom. The van der Waals surface area contributed by atoms with Crippen LogP contribution in [0.15, 0.2) is 12.1 Å². The van der Waals surface area contributed by atoms with Crippen LogP contribution in [-0.2, 0) is 0 Å². The lowest BCUT2D eigenvalue weighted by molar-refractivity contribution is 0.0932. The van der Waals surface area contributed by atoms with Crippen LogP contribution in [0.5, 0.6) is 0 Å². The number of rotatable bonds is 6. The van der Waals surface area contributed by atoms with Crippen LogP contribution >= 0.6 is 0 Å². The number of nitrogens with two attached hydrogens (primary N) is 1. The fourth-order valence-electron chi connectivity index (χ4n) is 1.41. The van der Waals surface area contributed by atoms with Gasteiger partial charge in [0, 0.05) is 6.04 Å². The lowest BCUT2D eigenvalue weighted by Crippen LogP contribution is -2.33. The number of carbonyl (C=O) groups is 1. The molecule has 1 atom stereocenters. The monoisotopic (exact) mass is 237 g/mol. The van der Waals surface area contributed by atoms with Gasteiger partial charge in [-0.1, -0.05) is 19.8 Å². The van der Waals surface area contributed by atoms with Crippen molar-refractivity contribution in [3.63, 3.8) is 0 Å². The molecule has 0 aromatic carbocycles. The highest BCUT2D eigenvalue weighted by molar-refractivity contribution is 5.92. The summed E-state index contributed by atoms with van der Waals surface area (Å²) in [5.41, 5.74) is 2.65. The van der Waals surface area contributed by atoms with Crippen molar-refractivity contribution >= 4 is 11.7 Å². The highest BCUT2D eigenvalue weighted by Gasteiger charge is 2.11. The summed E-state index contributed by atoms with van der Waals surface area (Å²) in [5.74, 6) is 5.39. The average molecular weight is 237 g/mol. The van der Waals surface area contributed by atoms with Crippen LogP contribution in [0, 0.1) is 0 Å². The fourth-order valence-corrected chi connectivity index (χ4v) is 1.41. The van der Waals surface area contributed by atoms with Gasteiger partial charge in [-0.15, -0.1) is 10.2 Å².